The quantitative estimate of drug-likeness (QED) is 0.680. The second-order valence-electron chi connectivity index (χ2n) is 6.12. The van der Waals surface area contributed by atoms with E-state index in [-0.39, 0.29) is 11.8 Å². The molecule has 2 rings (SSSR count). The zero-order chi connectivity index (χ0) is 18.8. The van der Waals surface area contributed by atoms with E-state index in [0.29, 0.717) is 49.5 Å². The third kappa shape index (κ3) is 5.96. The first kappa shape index (κ1) is 19.6. The number of amides is 2. The molecular formula is C19H25N3O4. The van der Waals surface area contributed by atoms with Gasteiger partial charge in [-0.05, 0) is 31.4 Å². The summed E-state index contributed by atoms with van der Waals surface area (Å²) in [6, 6.07) is 6.99. The summed E-state index contributed by atoms with van der Waals surface area (Å²) in [6.45, 7) is 2.41. The largest absolute Gasteiger partial charge is 0.493 e. The molecular weight excluding hydrogens is 334 g/mol. The summed E-state index contributed by atoms with van der Waals surface area (Å²) in [5.41, 5.74) is 0.497. The first-order valence-corrected chi connectivity index (χ1v) is 8.89. The lowest BCUT2D eigenvalue weighted by Gasteiger charge is -2.15. The Hall–Kier alpha value is -2.75. The van der Waals surface area contributed by atoms with Crippen molar-refractivity contribution in [1.82, 2.24) is 10.2 Å². The van der Waals surface area contributed by atoms with Gasteiger partial charge in [-0.3, -0.25) is 9.59 Å². The van der Waals surface area contributed by atoms with Crippen LogP contribution in [0.2, 0.25) is 0 Å². The maximum absolute atomic E-state index is 11.9. The molecule has 0 radical (unpaired) electrons. The minimum absolute atomic E-state index is 0.0883. The number of methoxy groups -OCH3 is 1. The van der Waals surface area contributed by atoms with E-state index in [2.05, 4.69) is 5.32 Å². The Labute approximate surface area is 153 Å². The Morgan fingerprint density at radius 1 is 1.23 bits per heavy atom. The summed E-state index contributed by atoms with van der Waals surface area (Å²) >= 11 is 0. The van der Waals surface area contributed by atoms with Gasteiger partial charge in [0.15, 0.2) is 11.5 Å². The molecule has 1 aromatic carbocycles. The summed E-state index contributed by atoms with van der Waals surface area (Å²) in [5, 5.41) is 11.6. The van der Waals surface area contributed by atoms with E-state index in [4.69, 9.17) is 14.7 Å². The van der Waals surface area contributed by atoms with Gasteiger partial charge < -0.3 is 19.7 Å². The number of rotatable bonds is 9. The SMILES string of the molecule is COc1cc(C#N)ccc1OCCCC(=O)NCCC(=O)N1CCCC1. The predicted molar refractivity (Wildman–Crippen MR) is 95.9 cm³/mol. The average Bonchev–Trinajstić information content (AvgIpc) is 3.20. The Morgan fingerprint density at radius 3 is 2.69 bits per heavy atom. The molecule has 0 spiro atoms. The van der Waals surface area contributed by atoms with Crippen LogP contribution in [0.1, 0.15) is 37.7 Å². The van der Waals surface area contributed by atoms with E-state index in [9.17, 15) is 9.59 Å². The molecule has 1 aromatic rings. The van der Waals surface area contributed by atoms with Crippen molar-refractivity contribution in [1.29, 1.82) is 5.26 Å². The van der Waals surface area contributed by atoms with Gasteiger partial charge in [0.2, 0.25) is 11.8 Å². The van der Waals surface area contributed by atoms with Crippen LogP contribution in [0.3, 0.4) is 0 Å². The van der Waals surface area contributed by atoms with Crippen molar-refractivity contribution in [3.8, 4) is 17.6 Å². The molecule has 7 heteroatoms. The van der Waals surface area contributed by atoms with Crippen LogP contribution in [0.15, 0.2) is 18.2 Å². The molecule has 0 unspecified atom stereocenters. The molecule has 2 amide bonds. The van der Waals surface area contributed by atoms with Gasteiger partial charge in [0, 0.05) is 38.5 Å². The summed E-state index contributed by atoms with van der Waals surface area (Å²) in [7, 11) is 1.51. The molecule has 140 valence electrons. The van der Waals surface area contributed by atoms with Crippen LogP contribution in [0, 0.1) is 11.3 Å². The lowest BCUT2D eigenvalue weighted by atomic mass is 10.2. The van der Waals surface area contributed by atoms with Gasteiger partial charge in [-0.1, -0.05) is 0 Å². The fourth-order valence-corrected chi connectivity index (χ4v) is 2.79. The van der Waals surface area contributed by atoms with Crippen molar-refractivity contribution in [2.45, 2.75) is 32.1 Å². The number of carbonyl (C=O) groups is 2. The summed E-state index contributed by atoms with van der Waals surface area (Å²) in [4.78, 5) is 25.5. The number of nitriles is 1. The molecule has 1 N–H and O–H groups in total. The predicted octanol–water partition coefficient (Wildman–Crippen LogP) is 1.85. The van der Waals surface area contributed by atoms with Crippen LogP contribution in [0.5, 0.6) is 11.5 Å². The minimum atomic E-state index is -0.0883. The standard InChI is InChI=1S/C19H25N3O4/c1-25-17-13-15(14-20)6-7-16(17)26-12-4-5-18(23)21-9-8-19(24)22-10-2-3-11-22/h6-7,13H,2-5,8-12H2,1H3,(H,21,23). The van der Waals surface area contributed by atoms with E-state index in [1.165, 1.54) is 7.11 Å². The highest BCUT2D eigenvalue weighted by Gasteiger charge is 2.17. The van der Waals surface area contributed by atoms with Gasteiger partial charge in [-0.15, -0.1) is 0 Å². The van der Waals surface area contributed by atoms with Crippen molar-refractivity contribution in [3.63, 3.8) is 0 Å². The van der Waals surface area contributed by atoms with Crippen LogP contribution >= 0.6 is 0 Å². The van der Waals surface area contributed by atoms with Crippen LogP contribution in [0.4, 0.5) is 0 Å². The number of nitrogens with one attached hydrogen (secondary N) is 1. The first-order chi connectivity index (χ1) is 12.6. The molecule has 0 bridgehead atoms. The van der Waals surface area contributed by atoms with E-state index < -0.39 is 0 Å². The molecule has 1 saturated heterocycles. The van der Waals surface area contributed by atoms with E-state index in [1.807, 2.05) is 11.0 Å². The highest BCUT2D eigenvalue weighted by Crippen LogP contribution is 2.27. The van der Waals surface area contributed by atoms with E-state index in [0.717, 1.165) is 25.9 Å². The van der Waals surface area contributed by atoms with Gasteiger partial charge in [-0.25, -0.2) is 0 Å². The van der Waals surface area contributed by atoms with E-state index in [1.54, 1.807) is 18.2 Å². The Bertz CT molecular complexity index is 663. The molecule has 1 aliphatic heterocycles. The monoisotopic (exact) mass is 359 g/mol. The van der Waals surface area contributed by atoms with Crippen LogP contribution in [-0.4, -0.2) is 50.1 Å². The highest BCUT2D eigenvalue weighted by molar-refractivity contribution is 5.79. The molecule has 1 aliphatic rings. The lowest BCUT2D eigenvalue weighted by Crippen LogP contribution is -2.32. The normalized spacial score (nSPS) is 13.2. The maximum Gasteiger partial charge on any atom is 0.224 e. The summed E-state index contributed by atoms with van der Waals surface area (Å²) < 4.78 is 10.8. The van der Waals surface area contributed by atoms with Crippen LogP contribution in [0.25, 0.3) is 0 Å². The number of hydrogen-bond donors (Lipinski definition) is 1. The molecule has 0 aliphatic carbocycles. The van der Waals surface area contributed by atoms with Crippen LogP contribution in [-0.2, 0) is 9.59 Å². The zero-order valence-corrected chi connectivity index (χ0v) is 15.1. The maximum atomic E-state index is 11.9. The molecule has 26 heavy (non-hydrogen) atoms. The first-order valence-electron chi connectivity index (χ1n) is 8.89. The second-order valence-corrected chi connectivity index (χ2v) is 6.12. The number of nitrogens with zero attached hydrogens (tertiary/aromatic N) is 2. The van der Waals surface area contributed by atoms with Crippen molar-refractivity contribution in [3.05, 3.63) is 23.8 Å². The van der Waals surface area contributed by atoms with Gasteiger partial charge in [0.25, 0.3) is 0 Å². The van der Waals surface area contributed by atoms with E-state index >= 15 is 0 Å². The molecule has 1 heterocycles. The molecule has 7 nitrogen and oxygen atoms in total. The van der Waals surface area contributed by atoms with Crippen molar-refractivity contribution < 1.29 is 19.1 Å². The van der Waals surface area contributed by atoms with Gasteiger partial charge in [0.1, 0.15) is 0 Å². The van der Waals surface area contributed by atoms with Crippen molar-refractivity contribution >= 4 is 11.8 Å². The van der Waals surface area contributed by atoms with Gasteiger partial charge in [0.05, 0.1) is 25.3 Å². The topological polar surface area (TPSA) is 91.7 Å². The number of benzene rings is 1. The fraction of sp³-hybridized carbons (Fsp3) is 0.526. The number of carbonyl (C=O) groups excluding carboxylic acids is 2. The highest BCUT2D eigenvalue weighted by atomic mass is 16.5. The summed E-state index contributed by atoms with van der Waals surface area (Å²) in [6.07, 6.45) is 3.38. The smallest absolute Gasteiger partial charge is 0.224 e. The Balaban J connectivity index is 1.61. The fourth-order valence-electron chi connectivity index (χ4n) is 2.79. The molecule has 1 fully saturated rings. The number of hydrogen-bond acceptors (Lipinski definition) is 5. The number of likely N-dealkylation sites (tertiary alicyclic amines) is 1. The molecule has 0 atom stereocenters. The average molecular weight is 359 g/mol. The lowest BCUT2D eigenvalue weighted by molar-refractivity contribution is -0.130. The van der Waals surface area contributed by atoms with Gasteiger partial charge in [-0.2, -0.15) is 5.26 Å². The minimum Gasteiger partial charge on any atom is -0.493 e. The van der Waals surface area contributed by atoms with Gasteiger partial charge >= 0.3 is 0 Å². The van der Waals surface area contributed by atoms with Crippen molar-refractivity contribution in [2.75, 3.05) is 33.4 Å². The number of ether oxygens (including phenoxy) is 2. The summed E-state index contributed by atoms with van der Waals surface area (Å²) in [5.74, 6) is 1.06. The third-order valence-corrected chi connectivity index (χ3v) is 4.22. The zero-order valence-electron chi connectivity index (χ0n) is 15.1. The Kier molecular flexibility index (Phi) is 7.75. The van der Waals surface area contributed by atoms with Crippen LogP contribution < -0.4 is 14.8 Å². The second kappa shape index (κ2) is 10.3. The molecule has 0 aromatic heterocycles. The van der Waals surface area contributed by atoms with Crippen molar-refractivity contribution in [2.24, 2.45) is 0 Å². The Morgan fingerprint density at radius 2 is 2.00 bits per heavy atom. The third-order valence-electron chi connectivity index (χ3n) is 4.22. The molecule has 0 saturated carbocycles.